The van der Waals surface area contributed by atoms with Gasteiger partial charge in [0.1, 0.15) is 18.0 Å². The number of hydrogen-bond donors (Lipinski definition) is 3. The fraction of sp³-hybridized carbons (Fsp3) is 0.273. The van der Waals surface area contributed by atoms with E-state index in [0.29, 0.717) is 22.9 Å². The van der Waals surface area contributed by atoms with Gasteiger partial charge < -0.3 is 10.4 Å². The number of aliphatic hydroxyl groups is 1. The number of aromatic nitrogens is 5. The predicted octanol–water partition coefficient (Wildman–Crippen LogP) is -1.14. The maximum Gasteiger partial charge on any atom is 0.231 e. The molecule has 9 heteroatoms. The third kappa shape index (κ3) is 1.93. The first kappa shape index (κ1) is 12.4. The van der Waals surface area contributed by atoms with Crippen LogP contribution in [0.5, 0.6) is 0 Å². The minimum absolute atomic E-state index is 0.356. The number of nitrogens with zero attached hydrogens (tertiary/aromatic N) is 4. The Morgan fingerprint density at radius 3 is 2.75 bits per heavy atom. The Kier molecular flexibility index (Phi) is 2.75. The number of H-pyrrole nitrogens is 1. The number of Topliss-reactive ketones (excluding diaryl/α,β-unsaturated/α-hetero) is 2. The minimum atomic E-state index is -1.32. The smallest absolute Gasteiger partial charge is 0.231 e. The van der Waals surface area contributed by atoms with E-state index >= 15 is 0 Å². The molecule has 3 N–H and O–H groups in total. The third-order valence-corrected chi connectivity index (χ3v) is 2.97. The van der Waals surface area contributed by atoms with Gasteiger partial charge in [0, 0.05) is 11.3 Å². The van der Waals surface area contributed by atoms with Crippen molar-refractivity contribution in [2.24, 2.45) is 0 Å². The van der Waals surface area contributed by atoms with Crippen molar-refractivity contribution in [3.8, 4) is 11.4 Å². The summed E-state index contributed by atoms with van der Waals surface area (Å²) in [5.41, 5.74) is 1.32. The Morgan fingerprint density at radius 1 is 1.30 bits per heavy atom. The van der Waals surface area contributed by atoms with E-state index in [4.69, 9.17) is 0 Å². The Morgan fingerprint density at radius 2 is 2.10 bits per heavy atom. The van der Waals surface area contributed by atoms with Gasteiger partial charge in [0.05, 0.1) is 0 Å². The maximum atomic E-state index is 11.3. The second-order valence-electron chi connectivity index (χ2n) is 4.41. The Hall–Kier alpha value is -2.68. The van der Waals surface area contributed by atoms with Crippen molar-refractivity contribution in [3.05, 3.63) is 17.8 Å². The largest absolute Gasteiger partial charge is 0.382 e. The summed E-state index contributed by atoms with van der Waals surface area (Å²) in [6, 6.07) is 2.41. The lowest BCUT2D eigenvalue weighted by Crippen LogP contribution is -2.61. The van der Waals surface area contributed by atoms with Crippen LogP contribution >= 0.6 is 0 Å². The third-order valence-electron chi connectivity index (χ3n) is 2.97. The van der Waals surface area contributed by atoms with Gasteiger partial charge in [0.2, 0.25) is 17.4 Å². The molecule has 0 radical (unpaired) electrons. The quantitative estimate of drug-likeness (QED) is 0.598. The number of hydrogen-bond acceptors (Lipinski definition) is 8. The van der Waals surface area contributed by atoms with E-state index in [1.54, 1.807) is 19.1 Å². The molecule has 1 fully saturated rings. The van der Waals surface area contributed by atoms with Crippen molar-refractivity contribution in [2.75, 3.05) is 5.32 Å². The maximum absolute atomic E-state index is 11.3. The molecule has 0 saturated heterocycles. The van der Waals surface area contributed by atoms with Crippen LogP contribution in [-0.2, 0) is 9.59 Å². The van der Waals surface area contributed by atoms with Crippen LogP contribution in [0, 0.1) is 6.92 Å². The molecule has 1 aliphatic carbocycles. The molecule has 2 aromatic rings. The summed E-state index contributed by atoms with van der Waals surface area (Å²) in [6.07, 6.45) is -1.32. The highest BCUT2D eigenvalue weighted by Gasteiger charge is 2.48. The molecule has 20 heavy (non-hydrogen) atoms. The van der Waals surface area contributed by atoms with Gasteiger partial charge in [-0.15, -0.1) is 10.2 Å². The number of aryl methyl sites for hydroxylation is 1. The molecule has 2 heterocycles. The Bertz CT molecular complexity index is 683. The summed E-state index contributed by atoms with van der Waals surface area (Å²) >= 11 is 0. The van der Waals surface area contributed by atoms with Crippen LogP contribution < -0.4 is 5.32 Å². The first-order chi connectivity index (χ1) is 9.56. The van der Waals surface area contributed by atoms with Gasteiger partial charge in [-0.25, -0.2) is 4.98 Å². The monoisotopic (exact) mass is 274 g/mol. The van der Waals surface area contributed by atoms with Gasteiger partial charge >= 0.3 is 0 Å². The predicted molar refractivity (Wildman–Crippen MR) is 65.6 cm³/mol. The number of rotatable bonds is 3. The van der Waals surface area contributed by atoms with E-state index in [1.807, 2.05) is 0 Å². The molecular weight excluding hydrogens is 264 g/mol. The lowest BCUT2D eigenvalue weighted by atomic mass is 9.86. The first-order valence-electron chi connectivity index (χ1n) is 5.81. The molecule has 102 valence electrons. The van der Waals surface area contributed by atoms with Crippen molar-refractivity contribution in [3.63, 3.8) is 0 Å². The number of tetrazole rings is 1. The zero-order valence-corrected chi connectivity index (χ0v) is 10.4. The number of carbonyl (C=O) groups is 2. The number of aliphatic hydroxyl groups excluding tert-OH is 1. The van der Waals surface area contributed by atoms with Gasteiger partial charge in [0.15, 0.2) is 0 Å². The average Bonchev–Trinajstić information content (AvgIpc) is 2.97. The van der Waals surface area contributed by atoms with E-state index < -0.39 is 23.7 Å². The van der Waals surface area contributed by atoms with Crippen LogP contribution in [0.4, 0.5) is 5.82 Å². The number of ketones is 2. The van der Waals surface area contributed by atoms with Crippen LogP contribution in [-0.4, -0.2) is 54.4 Å². The van der Waals surface area contributed by atoms with Gasteiger partial charge in [-0.1, -0.05) is 0 Å². The number of aromatic amines is 1. The van der Waals surface area contributed by atoms with E-state index in [-0.39, 0.29) is 0 Å². The highest BCUT2D eigenvalue weighted by molar-refractivity contribution is 6.49. The number of carbonyl (C=O) groups excluding carboxylic acids is 2. The van der Waals surface area contributed by atoms with Gasteiger partial charge in [-0.2, -0.15) is 5.21 Å². The number of pyridine rings is 1. The van der Waals surface area contributed by atoms with Crippen molar-refractivity contribution in [2.45, 2.75) is 19.1 Å². The fourth-order valence-corrected chi connectivity index (χ4v) is 1.96. The van der Waals surface area contributed by atoms with Crippen molar-refractivity contribution < 1.29 is 14.7 Å². The van der Waals surface area contributed by atoms with Crippen LogP contribution in [0.25, 0.3) is 11.4 Å². The summed E-state index contributed by atoms with van der Waals surface area (Å²) in [7, 11) is 0. The summed E-state index contributed by atoms with van der Waals surface area (Å²) in [5.74, 6) is -0.694. The lowest BCUT2D eigenvalue weighted by molar-refractivity contribution is -0.152. The Balaban J connectivity index is 1.87. The van der Waals surface area contributed by atoms with E-state index in [0.717, 1.165) is 0 Å². The van der Waals surface area contributed by atoms with Gasteiger partial charge in [-0.3, -0.25) is 9.59 Å². The molecule has 9 nitrogen and oxygen atoms in total. The highest BCUT2D eigenvalue weighted by Crippen LogP contribution is 2.22. The average molecular weight is 274 g/mol. The molecule has 1 saturated carbocycles. The van der Waals surface area contributed by atoms with Crippen LogP contribution in [0.3, 0.4) is 0 Å². The molecule has 3 rings (SSSR count). The molecule has 1 aliphatic rings. The van der Waals surface area contributed by atoms with Gasteiger partial charge in [-0.05, 0) is 24.3 Å². The Labute approximate surface area is 112 Å². The molecule has 2 unspecified atom stereocenters. The minimum Gasteiger partial charge on any atom is -0.382 e. The number of nitrogens with one attached hydrogen (secondary N) is 2. The second kappa shape index (κ2) is 4.46. The van der Waals surface area contributed by atoms with Crippen LogP contribution in [0.15, 0.2) is 12.1 Å². The SMILES string of the molecule is Cc1cc(-c2nn[nH]n2)cc(NC2C(=O)C(=O)C2O)n1. The van der Waals surface area contributed by atoms with Crippen LogP contribution in [0.2, 0.25) is 0 Å². The first-order valence-corrected chi connectivity index (χ1v) is 5.81. The zero-order chi connectivity index (χ0) is 14.3. The molecule has 0 aliphatic heterocycles. The molecule has 0 aromatic carbocycles. The van der Waals surface area contributed by atoms with Crippen LogP contribution in [0.1, 0.15) is 5.69 Å². The molecule has 0 amide bonds. The standard InChI is InChI=1S/C11H10N6O3/c1-4-2-5(11-14-16-17-15-11)3-6(12-4)13-7-8(18)10(20)9(7)19/h2-3,7-8,18H,1H3,(H,12,13)(H,14,15,16,17). The van der Waals surface area contributed by atoms with E-state index in [9.17, 15) is 14.7 Å². The topological polar surface area (TPSA) is 134 Å². The molecule has 0 bridgehead atoms. The van der Waals surface area contributed by atoms with Gasteiger partial charge in [0.25, 0.3) is 0 Å². The van der Waals surface area contributed by atoms with Crippen molar-refractivity contribution in [1.29, 1.82) is 0 Å². The van der Waals surface area contributed by atoms with E-state index in [1.165, 1.54) is 0 Å². The molecular formula is C11H10N6O3. The molecule has 2 atom stereocenters. The summed E-state index contributed by atoms with van der Waals surface area (Å²) in [6.45, 7) is 1.76. The molecule has 2 aromatic heterocycles. The fourth-order valence-electron chi connectivity index (χ4n) is 1.96. The van der Waals surface area contributed by atoms with Crippen molar-refractivity contribution >= 4 is 17.4 Å². The summed E-state index contributed by atoms with van der Waals surface area (Å²) in [4.78, 5) is 26.5. The van der Waals surface area contributed by atoms with Crippen molar-refractivity contribution in [1.82, 2.24) is 25.6 Å². The summed E-state index contributed by atoms with van der Waals surface area (Å²) < 4.78 is 0. The zero-order valence-electron chi connectivity index (χ0n) is 10.4. The number of anilines is 1. The normalized spacial score (nSPS) is 21.7. The van der Waals surface area contributed by atoms with E-state index in [2.05, 4.69) is 30.9 Å². The summed E-state index contributed by atoms with van der Waals surface area (Å²) in [5, 5.41) is 25.7. The molecule has 0 spiro atoms. The second-order valence-corrected chi connectivity index (χ2v) is 4.41. The lowest BCUT2D eigenvalue weighted by Gasteiger charge is -2.29. The highest BCUT2D eigenvalue weighted by atomic mass is 16.3.